The highest BCUT2D eigenvalue weighted by Gasteiger charge is 2.16. The lowest BCUT2D eigenvalue weighted by atomic mass is 10.2. The third-order valence-corrected chi connectivity index (χ3v) is 0.939. The van der Waals surface area contributed by atoms with E-state index in [1.54, 1.807) is 20.8 Å². The van der Waals surface area contributed by atoms with Crippen LogP contribution in [0.2, 0.25) is 0 Å². The number of ether oxygens (including phenoxy) is 1. The van der Waals surface area contributed by atoms with Crippen LogP contribution >= 0.6 is 0 Å². The quantitative estimate of drug-likeness (QED) is 0.413. The zero-order chi connectivity index (χ0) is 11.2. The molecule has 0 bridgehead atoms. The number of carbonyl (C=O) groups is 2. The van der Waals surface area contributed by atoms with E-state index in [4.69, 9.17) is 10.3 Å². The van der Waals surface area contributed by atoms with Crippen molar-refractivity contribution in [2.45, 2.75) is 26.4 Å². The number of hydrogen-bond donors (Lipinski definition) is 1. The molecule has 7 heteroatoms. The van der Waals surface area contributed by atoms with Gasteiger partial charge in [-0.2, -0.15) is 0 Å². The van der Waals surface area contributed by atoms with Gasteiger partial charge in [-0.25, -0.2) is 4.79 Å². The van der Waals surface area contributed by atoms with Crippen molar-refractivity contribution in [1.82, 2.24) is 5.32 Å². The molecular weight excluding hydrogens is 188 g/mol. The summed E-state index contributed by atoms with van der Waals surface area (Å²) >= 11 is 0. The molecule has 0 aliphatic carbocycles. The molecule has 2 amide bonds. The molecule has 0 spiro atoms. The van der Waals surface area contributed by atoms with Gasteiger partial charge in [0.25, 0.3) is 0 Å². The van der Waals surface area contributed by atoms with E-state index in [0.717, 1.165) is 0 Å². The van der Waals surface area contributed by atoms with E-state index in [0.29, 0.717) is 0 Å². The van der Waals surface area contributed by atoms with E-state index in [-0.39, 0.29) is 6.54 Å². The molecule has 0 aliphatic heterocycles. The molecular formula is C7H12N4O3. The smallest absolute Gasteiger partial charge is 0.408 e. The second-order valence-electron chi connectivity index (χ2n) is 3.44. The van der Waals surface area contributed by atoms with Crippen molar-refractivity contribution >= 4 is 12.0 Å². The fourth-order valence-electron chi connectivity index (χ4n) is 0.547. The minimum Gasteiger partial charge on any atom is -0.444 e. The molecule has 0 saturated carbocycles. The van der Waals surface area contributed by atoms with Gasteiger partial charge < -0.3 is 10.1 Å². The normalized spacial score (nSPS) is 9.93. The Morgan fingerprint density at radius 2 is 2.07 bits per heavy atom. The average Bonchev–Trinajstić information content (AvgIpc) is 1.98. The Labute approximate surface area is 81.0 Å². The van der Waals surface area contributed by atoms with Crippen LogP contribution in [0.25, 0.3) is 10.4 Å². The van der Waals surface area contributed by atoms with Crippen molar-refractivity contribution in [3.8, 4) is 0 Å². The Bertz CT molecular complexity index is 275. The molecule has 0 unspecified atom stereocenters. The molecule has 0 heterocycles. The molecule has 0 saturated heterocycles. The standard InChI is InChI=1S/C7H12N4O3/c1-7(2,3)14-6(13)9-4-5(12)10-11-8/h4H2,1-3H3,(H,9,13). The van der Waals surface area contributed by atoms with Crippen LogP contribution in [0.15, 0.2) is 5.11 Å². The molecule has 0 fully saturated rings. The Hall–Kier alpha value is -1.75. The lowest BCUT2D eigenvalue weighted by Crippen LogP contribution is -2.35. The molecule has 78 valence electrons. The van der Waals surface area contributed by atoms with Gasteiger partial charge in [0, 0.05) is 4.91 Å². The summed E-state index contributed by atoms with van der Waals surface area (Å²) < 4.78 is 4.83. The van der Waals surface area contributed by atoms with Crippen LogP contribution in [0.5, 0.6) is 0 Å². The monoisotopic (exact) mass is 200 g/mol. The zero-order valence-electron chi connectivity index (χ0n) is 8.27. The SMILES string of the molecule is CC(C)(C)OC(=O)NCC(=O)N=[N+]=[N-]. The molecule has 7 nitrogen and oxygen atoms in total. The third kappa shape index (κ3) is 6.93. The van der Waals surface area contributed by atoms with Gasteiger partial charge in [0.15, 0.2) is 0 Å². The number of nitrogens with zero attached hydrogens (tertiary/aromatic N) is 3. The molecule has 0 radical (unpaired) electrons. The lowest BCUT2D eigenvalue weighted by Gasteiger charge is -2.19. The van der Waals surface area contributed by atoms with Gasteiger partial charge in [0.05, 0.1) is 6.54 Å². The first-order valence-corrected chi connectivity index (χ1v) is 3.90. The highest BCUT2D eigenvalue weighted by atomic mass is 16.6. The number of nitrogens with one attached hydrogen (secondary N) is 1. The van der Waals surface area contributed by atoms with Crippen LogP contribution in [-0.4, -0.2) is 24.1 Å². The molecule has 0 aliphatic rings. The van der Waals surface area contributed by atoms with Crippen molar-refractivity contribution in [3.63, 3.8) is 0 Å². The molecule has 0 aromatic rings. The second-order valence-corrected chi connectivity index (χ2v) is 3.44. The van der Waals surface area contributed by atoms with Gasteiger partial charge in [-0.1, -0.05) is 0 Å². The topological polar surface area (TPSA) is 104 Å². The minimum atomic E-state index is -0.765. The number of alkyl carbamates (subject to hydrolysis) is 1. The number of carbonyl (C=O) groups excluding carboxylic acids is 2. The molecule has 1 N–H and O–H groups in total. The summed E-state index contributed by atoms with van der Waals surface area (Å²) in [5, 5.41) is 4.91. The van der Waals surface area contributed by atoms with Gasteiger partial charge in [0.1, 0.15) is 5.60 Å². The second kappa shape index (κ2) is 5.08. The molecule has 0 rings (SSSR count). The van der Waals surface area contributed by atoms with Crippen LogP contribution in [0.4, 0.5) is 4.79 Å². The predicted octanol–water partition coefficient (Wildman–Crippen LogP) is 1.35. The van der Waals surface area contributed by atoms with Crippen LogP contribution in [0, 0.1) is 0 Å². The van der Waals surface area contributed by atoms with E-state index in [1.165, 1.54) is 0 Å². The Morgan fingerprint density at radius 3 is 2.50 bits per heavy atom. The van der Waals surface area contributed by atoms with E-state index >= 15 is 0 Å². The fraction of sp³-hybridized carbons (Fsp3) is 0.714. The predicted molar refractivity (Wildman–Crippen MR) is 48.4 cm³/mol. The zero-order valence-corrected chi connectivity index (χ0v) is 8.27. The van der Waals surface area contributed by atoms with Gasteiger partial charge in [-0.05, 0) is 31.4 Å². The minimum absolute atomic E-state index is 0.362. The summed E-state index contributed by atoms with van der Waals surface area (Å²) in [6, 6.07) is 0. The summed E-state index contributed by atoms with van der Waals surface area (Å²) in [5.41, 5.74) is 7.26. The molecule has 0 atom stereocenters. The molecule has 0 aromatic heterocycles. The van der Waals surface area contributed by atoms with Crippen molar-refractivity contribution in [3.05, 3.63) is 10.4 Å². The molecule has 0 aromatic carbocycles. The summed E-state index contributed by atoms with van der Waals surface area (Å²) in [6.45, 7) is 4.73. The fourth-order valence-corrected chi connectivity index (χ4v) is 0.547. The summed E-state index contributed by atoms with van der Waals surface area (Å²) in [6.07, 6.45) is -0.723. The van der Waals surface area contributed by atoms with E-state index in [1.807, 2.05) is 0 Å². The number of azide groups is 1. The maximum absolute atomic E-state index is 10.9. The largest absolute Gasteiger partial charge is 0.444 e. The Balaban J connectivity index is 3.86. The first-order chi connectivity index (χ1) is 6.35. The first kappa shape index (κ1) is 12.2. The van der Waals surface area contributed by atoms with Crippen LogP contribution < -0.4 is 5.32 Å². The van der Waals surface area contributed by atoms with Crippen molar-refractivity contribution in [2.75, 3.05) is 6.54 Å². The maximum Gasteiger partial charge on any atom is 0.408 e. The van der Waals surface area contributed by atoms with Crippen molar-refractivity contribution < 1.29 is 14.3 Å². The van der Waals surface area contributed by atoms with Crippen LogP contribution in [0.3, 0.4) is 0 Å². The highest BCUT2D eigenvalue weighted by molar-refractivity contribution is 5.82. The number of amides is 2. The summed E-state index contributed by atoms with van der Waals surface area (Å²) in [7, 11) is 0. The summed E-state index contributed by atoms with van der Waals surface area (Å²) in [5.74, 6) is -0.765. The number of rotatable bonds is 2. The van der Waals surface area contributed by atoms with E-state index < -0.39 is 17.6 Å². The first-order valence-electron chi connectivity index (χ1n) is 3.90. The lowest BCUT2D eigenvalue weighted by molar-refractivity contribution is -0.117. The van der Waals surface area contributed by atoms with Crippen molar-refractivity contribution in [2.24, 2.45) is 5.11 Å². The molecule has 14 heavy (non-hydrogen) atoms. The maximum atomic E-state index is 10.9. The van der Waals surface area contributed by atoms with E-state index in [9.17, 15) is 9.59 Å². The third-order valence-electron chi connectivity index (χ3n) is 0.939. The van der Waals surface area contributed by atoms with Crippen molar-refractivity contribution in [1.29, 1.82) is 0 Å². The van der Waals surface area contributed by atoms with E-state index in [2.05, 4.69) is 15.3 Å². The van der Waals surface area contributed by atoms with Gasteiger partial charge in [-0.3, -0.25) is 4.79 Å². The van der Waals surface area contributed by atoms with Crippen LogP contribution in [0.1, 0.15) is 20.8 Å². The van der Waals surface area contributed by atoms with Gasteiger partial charge in [-0.15, -0.1) is 0 Å². The average molecular weight is 200 g/mol. The summed E-state index contributed by atoms with van der Waals surface area (Å²) in [4.78, 5) is 23.8. The van der Waals surface area contributed by atoms with Gasteiger partial charge in [0.2, 0.25) is 5.91 Å². The Kier molecular flexibility index (Phi) is 4.45. The number of hydrogen-bond acceptors (Lipinski definition) is 3. The van der Waals surface area contributed by atoms with Gasteiger partial charge >= 0.3 is 6.09 Å². The van der Waals surface area contributed by atoms with Crippen LogP contribution in [-0.2, 0) is 9.53 Å². The Morgan fingerprint density at radius 1 is 1.50 bits per heavy atom. The highest BCUT2D eigenvalue weighted by Crippen LogP contribution is 2.05.